The molecular formula is C25H28N8O2. The summed E-state index contributed by atoms with van der Waals surface area (Å²) in [6.45, 7) is 3.11. The molecule has 3 N–H and O–H groups in total. The van der Waals surface area contributed by atoms with Gasteiger partial charge in [0.1, 0.15) is 5.71 Å². The smallest absolute Gasteiger partial charge is 0.219 e. The van der Waals surface area contributed by atoms with Gasteiger partial charge in [-0.25, -0.2) is 4.98 Å². The first-order chi connectivity index (χ1) is 17.0. The molecule has 1 aliphatic rings. The first-order valence-corrected chi connectivity index (χ1v) is 11.6. The number of nitrogen functional groups attached to an aromatic ring is 1. The number of aliphatic imine (C=N–C) groups is 1. The van der Waals surface area contributed by atoms with Crippen molar-refractivity contribution in [2.75, 3.05) is 38.2 Å². The summed E-state index contributed by atoms with van der Waals surface area (Å²) in [7, 11) is 3.57. The zero-order chi connectivity index (χ0) is 24.5. The fourth-order valence-electron chi connectivity index (χ4n) is 4.68. The highest BCUT2D eigenvalue weighted by Gasteiger charge is 2.24. The van der Waals surface area contributed by atoms with Gasteiger partial charge in [-0.2, -0.15) is 5.10 Å². The summed E-state index contributed by atoms with van der Waals surface area (Å²) < 4.78 is 8.19. The van der Waals surface area contributed by atoms with Gasteiger partial charge in [0.15, 0.2) is 17.2 Å². The lowest BCUT2D eigenvalue weighted by Gasteiger charge is -2.31. The minimum Gasteiger partial charge on any atom is -0.451 e. The Kier molecular flexibility index (Phi) is 5.94. The van der Waals surface area contributed by atoms with Crippen LogP contribution in [0.15, 0.2) is 52.5 Å². The Bertz CT molecular complexity index is 1410. The Morgan fingerprint density at radius 1 is 1.26 bits per heavy atom. The number of nitrogens with zero attached hydrogens (tertiary/aromatic N) is 6. The van der Waals surface area contributed by atoms with E-state index in [0.29, 0.717) is 22.9 Å². The number of carbonyl (C=O) groups excluding carboxylic acids is 1. The Morgan fingerprint density at radius 2 is 2.06 bits per heavy atom. The first-order valence-electron chi connectivity index (χ1n) is 11.6. The predicted octanol–water partition coefficient (Wildman–Crippen LogP) is 3.36. The van der Waals surface area contributed by atoms with Crippen LogP contribution in [0.3, 0.4) is 0 Å². The van der Waals surface area contributed by atoms with E-state index in [-0.39, 0.29) is 11.9 Å². The summed E-state index contributed by atoms with van der Waals surface area (Å²) in [5, 5.41) is 8.63. The lowest BCUT2D eigenvalue weighted by atomic mass is 10.0. The molecule has 5 heterocycles. The minimum atomic E-state index is 0.124. The number of pyridine rings is 2. The Hall–Kier alpha value is -4.21. The first kappa shape index (κ1) is 22.6. The highest BCUT2D eigenvalue weighted by Crippen LogP contribution is 2.35. The lowest BCUT2D eigenvalue weighted by Crippen LogP contribution is -2.37. The van der Waals surface area contributed by atoms with Crippen molar-refractivity contribution >= 4 is 34.1 Å². The quantitative estimate of drug-likeness (QED) is 0.426. The van der Waals surface area contributed by atoms with Crippen molar-refractivity contribution in [3.8, 4) is 11.1 Å². The van der Waals surface area contributed by atoms with Crippen molar-refractivity contribution in [1.29, 1.82) is 0 Å². The van der Waals surface area contributed by atoms with E-state index in [4.69, 9.17) is 10.2 Å². The lowest BCUT2D eigenvalue weighted by molar-refractivity contribution is -0.130. The number of hydrogen-bond acceptors (Lipinski definition) is 8. The molecule has 0 spiro atoms. The topological polar surface area (TPSA) is 127 Å². The van der Waals surface area contributed by atoms with Gasteiger partial charge in [-0.05, 0) is 25.0 Å². The Morgan fingerprint density at radius 3 is 2.77 bits per heavy atom. The van der Waals surface area contributed by atoms with Gasteiger partial charge in [0, 0.05) is 74.8 Å². The predicted molar refractivity (Wildman–Crippen MR) is 136 cm³/mol. The van der Waals surface area contributed by atoms with E-state index >= 15 is 0 Å². The summed E-state index contributed by atoms with van der Waals surface area (Å²) in [6.07, 6.45) is 10.9. The molecule has 0 aliphatic carbocycles. The van der Waals surface area contributed by atoms with Gasteiger partial charge in [-0.1, -0.05) is 0 Å². The monoisotopic (exact) mass is 472 g/mol. The molecule has 10 nitrogen and oxygen atoms in total. The van der Waals surface area contributed by atoms with Crippen LogP contribution in [0, 0.1) is 0 Å². The zero-order valence-electron chi connectivity index (χ0n) is 20.0. The number of furan rings is 1. The molecule has 1 saturated heterocycles. The van der Waals surface area contributed by atoms with Crippen molar-refractivity contribution in [3.63, 3.8) is 0 Å². The maximum atomic E-state index is 11.6. The van der Waals surface area contributed by atoms with Crippen LogP contribution < -0.4 is 11.1 Å². The summed E-state index contributed by atoms with van der Waals surface area (Å²) in [4.78, 5) is 26.6. The van der Waals surface area contributed by atoms with Gasteiger partial charge in [0.05, 0.1) is 24.1 Å². The molecule has 0 aromatic carbocycles. The number of nitrogens with two attached hydrogens (primary N) is 1. The molecule has 4 aromatic rings. The third-order valence-electron chi connectivity index (χ3n) is 6.59. The second-order valence-corrected chi connectivity index (χ2v) is 8.60. The SMILES string of the molecule is CN=C(c1cc2c(-c3cnn(C4CCN(C(C)=O)CC4)c3)cnc(N)c2o1)c1ccncc1NC. The molecule has 0 atom stereocenters. The van der Waals surface area contributed by atoms with Crippen molar-refractivity contribution in [3.05, 3.63) is 54.4 Å². The van der Waals surface area contributed by atoms with Crippen LogP contribution in [0.4, 0.5) is 11.5 Å². The summed E-state index contributed by atoms with van der Waals surface area (Å²) in [5.74, 6) is 1.03. The van der Waals surface area contributed by atoms with Gasteiger partial charge in [0.25, 0.3) is 0 Å². The van der Waals surface area contributed by atoms with E-state index in [1.165, 1.54) is 0 Å². The van der Waals surface area contributed by atoms with Gasteiger partial charge in [0.2, 0.25) is 5.91 Å². The number of hydrogen-bond donors (Lipinski definition) is 2. The standard InChI is InChI=1S/C25H28N8O2/c1-15(34)32-8-5-17(6-9-32)33-14-16(11-31-33)20-12-30-25(26)24-19(20)10-22(35-24)23(28-3)18-4-7-29-13-21(18)27-2/h4,7,10-14,17,27H,5-6,8-9H2,1-3H3,(H2,26,30). The summed E-state index contributed by atoms with van der Waals surface area (Å²) >= 11 is 0. The maximum absolute atomic E-state index is 11.6. The number of piperidine rings is 1. The number of nitrogens with one attached hydrogen (secondary N) is 1. The van der Waals surface area contributed by atoms with Crippen molar-refractivity contribution in [1.82, 2.24) is 24.6 Å². The van der Waals surface area contributed by atoms with Gasteiger partial charge < -0.3 is 20.4 Å². The summed E-state index contributed by atoms with van der Waals surface area (Å²) in [5.41, 5.74) is 10.9. The molecule has 4 aromatic heterocycles. The van der Waals surface area contributed by atoms with Gasteiger partial charge >= 0.3 is 0 Å². The van der Waals surface area contributed by atoms with Gasteiger partial charge in [-0.3, -0.25) is 19.5 Å². The number of rotatable bonds is 5. The highest BCUT2D eigenvalue weighted by molar-refractivity contribution is 6.16. The van der Waals surface area contributed by atoms with E-state index in [0.717, 1.165) is 53.7 Å². The van der Waals surface area contributed by atoms with E-state index in [2.05, 4.69) is 25.4 Å². The number of aromatic nitrogens is 4. The number of anilines is 2. The molecule has 180 valence electrons. The second-order valence-electron chi connectivity index (χ2n) is 8.60. The maximum Gasteiger partial charge on any atom is 0.219 e. The number of likely N-dealkylation sites (tertiary alicyclic amines) is 1. The van der Waals surface area contributed by atoms with Crippen LogP contribution in [0.1, 0.15) is 37.1 Å². The van der Waals surface area contributed by atoms with Gasteiger partial charge in [-0.15, -0.1) is 0 Å². The van der Waals surface area contributed by atoms with Crippen molar-refractivity contribution in [2.45, 2.75) is 25.8 Å². The molecule has 0 bridgehead atoms. The van der Waals surface area contributed by atoms with E-state index in [9.17, 15) is 4.79 Å². The van der Waals surface area contributed by atoms with Crippen LogP contribution in [0.2, 0.25) is 0 Å². The van der Waals surface area contributed by atoms with Crippen LogP contribution >= 0.6 is 0 Å². The molecule has 5 rings (SSSR count). The average molecular weight is 473 g/mol. The Labute approximate surface area is 202 Å². The fraction of sp³-hybridized carbons (Fsp3) is 0.320. The molecule has 35 heavy (non-hydrogen) atoms. The fourth-order valence-corrected chi connectivity index (χ4v) is 4.68. The number of fused-ring (bicyclic) bond motifs is 1. The molecule has 1 fully saturated rings. The Balaban J connectivity index is 1.50. The second kappa shape index (κ2) is 9.21. The minimum absolute atomic E-state index is 0.124. The van der Waals surface area contributed by atoms with Crippen molar-refractivity contribution in [2.24, 2.45) is 4.99 Å². The van der Waals surface area contributed by atoms with Crippen LogP contribution in [-0.4, -0.2) is 63.5 Å². The third-order valence-corrected chi connectivity index (χ3v) is 6.59. The van der Waals surface area contributed by atoms with E-state index < -0.39 is 0 Å². The molecule has 0 saturated carbocycles. The average Bonchev–Trinajstić information content (AvgIpc) is 3.54. The number of amides is 1. The van der Waals surface area contributed by atoms with E-state index in [1.807, 2.05) is 41.2 Å². The van der Waals surface area contributed by atoms with Crippen LogP contribution in [-0.2, 0) is 4.79 Å². The van der Waals surface area contributed by atoms with E-state index in [1.54, 1.807) is 32.6 Å². The largest absolute Gasteiger partial charge is 0.451 e. The normalized spacial score (nSPS) is 15.1. The molecule has 0 unspecified atom stereocenters. The highest BCUT2D eigenvalue weighted by atomic mass is 16.3. The van der Waals surface area contributed by atoms with Crippen LogP contribution in [0.5, 0.6) is 0 Å². The molecular weight excluding hydrogens is 444 g/mol. The molecule has 10 heteroatoms. The molecule has 0 radical (unpaired) electrons. The molecule has 1 aliphatic heterocycles. The molecule has 1 amide bonds. The zero-order valence-corrected chi connectivity index (χ0v) is 20.0. The summed E-state index contributed by atoms with van der Waals surface area (Å²) in [6, 6.07) is 4.10. The third kappa shape index (κ3) is 4.11. The number of carbonyl (C=O) groups is 1. The van der Waals surface area contributed by atoms with Crippen molar-refractivity contribution < 1.29 is 9.21 Å². The van der Waals surface area contributed by atoms with Crippen LogP contribution in [0.25, 0.3) is 22.1 Å².